The van der Waals surface area contributed by atoms with Crippen LogP contribution in [0.5, 0.6) is 0 Å². The molecule has 3 rings (SSSR count). The molecule has 2 aliphatic rings. The molecule has 0 amide bonds. The maximum Gasteiger partial charge on any atom is 0.245 e. The van der Waals surface area contributed by atoms with Gasteiger partial charge in [-0.05, 0) is 37.1 Å². The van der Waals surface area contributed by atoms with Crippen molar-refractivity contribution in [3.63, 3.8) is 0 Å². The quantitative estimate of drug-likeness (QED) is 0.715. The highest BCUT2D eigenvalue weighted by molar-refractivity contribution is 5.29. The molecule has 0 N–H and O–H groups in total. The van der Waals surface area contributed by atoms with Crippen LogP contribution in [0.25, 0.3) is 0 Å². The highest BCUT2D eigenvalue weighted by Gasteiger charge is 2.42. The molecule has 0 aliphatic carbocycles. The lowest BCUT2D eigenvalue weighted by Crippen LogP contribution is -2.47. The van der Waals surface area contributed by atoms with Crippen LogP contribution in [0.4, 0.5) is 5.95 Å². The zero-order valence-electron chi connectivity index (χ0n) is 13.4. The summed E-state index contributed by atoms with van der Waals surface area (Å²) in [5.41, 5.74) is 0. The van der Waals surface area contributed by atoms with Gasteiger partial charge in [0.1, 0.15) is 0 Å². The minimum absolute atomic E-state index is 0.334. The van der Waals surface area contributed by atoms with Crippen molar-refractivity contribution in [3.05, 3.63) is 0 Å². The van der Waals surface area contributed by atoms with Gasteiger partial charge in [0.25, 0.3) is 0 Å². The van der Waals surface area contributed by atoms with Crippen LogP contribution in [0, 0.1) is 5.92 Å². The molecule has 8 heteroatoms. The van der Waals surface area contributed by atoms with Crippen molar-refractivity contribution in [1.82, 2.24) is 20.2 Å². The van der Waals surface area contributed by atoms with Gasteiger partial charge in [-0.25, -0.2) is 4.68 Å². The van der Waals surface area contributed by atoms with Gasteiger partial charge in [-0.1, -0.05) is 5.10 Å². The van der Waals surface area contributed by atoms with Gasteiger partial charge in [0.2, 0.25) is 5.95 Å². The second kappa shape index (κ2) is 6.89. The SMILES string of the molecule is CCOCCn1nnnc1N1CCCC(C2(C)OCCO2)C1. The molecule has 8 nitrogen and oxygen atoms in total. The van der Waals surface area contributed by atoms with E-state index in [-0.39, 0.29) is 0 Å². The Morgan fingerprint density at radius 1 is 1.36 bits per heavy atom. The molecular weight excluding hydrogens is 286 g/mol. The number of hydrogen-bond donors (Lipinski definition) is 0. The summed E-state index contributed by atoms with van der Waals surface area (Å²) >= 11 is 0. The Hall–Kier alpha value is -1.25. The second-order valence-electron chi connectivity index (χ2n) is 5.90. The fourth-order valence-electron chi connectivity index (χ4n) is 3.22. The Kier molecular flexibility index (Phi) is 4.90. The number of aromatic nitrogens is 4. The summed E-state index contributed by atoms with van der Waals surface area (Å²) in [7, 11) is 0. The molecule has 0 radical (unpaired) electrons. The first kappa shape index (κ1) is 15.6. The van der Waals surface area contributed by atoms with E-state index in [1.807, 2.05) is 18.5 Å². The van der Waals surface area contributed by atoms with Crippen LogP contribution in [-0.2, 0) is 20.8 Å². The predicted molar refractivity (Wildman–Crippen MR) is 79.6 cm³/mol. The largest absolute Gasteiger partial charge is 0.380 e. The van der Waals surface area contributed by atoms with Gasteiger partial charge < -0.3 is 19.1 Å². The number of hydrogen-bond acceptors (Lipinski definition) is 7. The van der Waals surface area contributed by atoms with E-state index >= 15 is 0 Å². The Bertz CT molecular complexity index is 475. The maximum atomic E-state index is 5.83. The first-order chi connectivity index (χ1) is 10.7. The van der Waals surface area contributed by atoms with Crippen molar-refractivity contribution in [2.24, 2.45) is 5.92 Å². The first-order valence-corrected chi connectivity index (χ1v) is 8.09. The Morgan fingerprint density at radius 3 is 2.95 bits per heavy atom. The van der Waals surface area contributed by atoms with Crippen molar-refractivity contribution in [2.75, 3.05) is 44.4 Å². The average molecular weight is 311 g/mol. The number of rotatable bonds is 6. The normalized spacial score (nSPS) is 24.8. The number of nitrogens with zero attached hydrogens (tertiary/aromatic N) is 5. The molecule has 1 atom stereocenters. The molecule has 2 saturated heterocycles. The fraction of sp³-hybridized carbons (Fsp3) is 0.929. The van der Waals surface area contributed by atoms with Crippen LogP contribution in [0.2, 0.25) is 0 Å². The predicted octanol–water partition coefficient (Wildman–Crippen LogP) is 0.689. The van der Waals surface area contributed by atoms with Gasteiger partial charge in [-0.2, -0.15) is 0 Å². The van der Waals surface area contributed by atoms with Crippen LogP contribution < -0.4 is 4.90 Å². The van der Waals surface area contributed by atoms with Gasteiger partial charge in [0.15, 0.2) is 5.79 Å². The van der Waals surface area contributed by atoms with Gasteiger partial charge in [0.05, 0.1) is 26.4 Å². The molecule has 3 heterocycles. The highest BCUT2D eigenvalue weighted by Crippen LogP contribution is 2.34. The molecule has 0 saturated carbocycles. The molecule has 124 valence electrons. The smallest absolute Gasteiger partial charge is 0.245 e. The summed E-state index contributed by atoms with van der Waals surface area (Å²) in [4.78, 5) is 2.23. The Morgan fingerprint density at radius 2 is 2.18 bits per heavy atom. The van der Waals surface area contributed by atoms with Crippen molar-refractivity contribution in [1.29, 1.82) is 0 Å². The molecule has 0 bridgehead atoms. The molecule has 0 aromatic carbocycles. The maximum absolute atomic E-state index is 5.83. The molecular formula is C14H25N5O3. The monoisotopic (exact) mass is 311 g/mol. The molecule has 2 fully saturated rings. The lowest BCUT2D eigenvalue weighted by molar-refractivity contribution is -0.182. The lowest BCUT2D eigenvalue weighted by Gasteiger charge is -2.39. The van der Waals surface area contributed by atoms with Crippen molar-refractivity contribution in [2.45, 2.75) is 39.0 Å². The number of anilines is 1. The van der Waals surface area contributed by atoms with E-state index in [1.165, 1.54) is 0 Å². The third kappa shape index (κ3) is 3.23. The Labute approximate surface area is 130 Å². The van der Waals surface area contributed by atoms with Crippen molar-refractivity contribution in [3.8, 4) is 0 Å². The summed E-state index contributed by atoms with van der Waals surface area (Å²) in [5.74, 6) is 0.675. The molecule has 1 unspecified atom stereocenters. The summed E-state index contributed by atoms with van der Waals surface area (Å²) in [6, 6.07) is 0. The zero-order chi connectivity index (χ0) is 15.4. The minimum Gasteiger partial charge on any atom is -0.380 e. The number of tetrazole rings is 1. The molecule has 0 spiro atoms. The molecule has 1 aromatic rings. The zero-order valence-corrected chi connectivity index (χ0v) is 13.4. The standard InChI is InChI=1S/C14H25N5O3/c1-3-20-8-7-19-13(15-16-17-19)18-6-4-5-12(11-18)14(2)21-9-10-22-14/h12H,3-11H2,1-2H3. The minimum atomic E-state index is -0.470. The third-order valence-corrected chi connectivity index (χ3v) is 4.47. The van der Waals surface area contributed by atoms with Gasteiger partial charge in [-0.15, -0.1) is 0 Å². The van der Waals surface area contributed by atoms with Gasteiger partial charge in [-0.3, -0.25) is 0 Å². The second-order valence-corrected chi connectivity index (χ2v) is 5.90. The highest BCUT2D eigenvalue weighted by atomic mass is 16.7. The number of piperidine rings is 1. The summed E-state index contributed by atoms with van der Waals surface area (Å²) in [6.45, 7) is 9.20. The Balaban J connectivity index is 1.66. The number of ether oxygens (including phenoxy) is 3. The van der Waals surface area contributed by atoms with Crippen LogP contribution in [0.3, 0.4) is 0 Å². The molecule has 1 aromatic heterocycles. The first-order valence-electron chi connectivity index (χ1n) is 8.09. The van der Waals surface area contributed by atoms with Crippen molar-refractivity contribution < 1.29 is 14.2 Å². The molecule has 22 heavy (non-hydrogen) atoms. The third-order valence-electron chi connectivity index (χ3n) is 4.47. The van der Waals surface area contributed by atoms with Crippen LogP contribution in [0.1, 0.15) is 26.7 Å². The van der Waals surface area contributed by atoms with E-state index in [9.17, 15) is 0 Å². The van der Waals surface area contributed by atoms with E-state index in [0.717, 1.165) is 31.9 Å². The van der Waals surface area contributed by atoms with Gasteiger partial charge >= 0.3 is 0 Å². The van der Waals surface area contributed by atoms with Crippen molar-refractivity contribution >= 4 is 5.95 Å². The summed E-state index contributed by atoms with van der Waals surface area (Å²) < 4.78 is 18.9. The fourth-order valence-corrected chi connectivity index (χ4v) is 3.22. The topological polar surface area (TPSA) is 74.5 Å². The van der Waals surface area contributed by atoms with Gasteiger partial charge in [0, 0.05) is 25.6 Å². The van der Waals surface area contributed by atoms with E-state index in [1.54, 1.807) is 0 Å². The summed E-state index contributed by atoms with van der Waals surface area (Å²) in [6.07, 6.45) is 2.19. The summed E-state index contributed by atoms with van der Waals surface area (Å²) in [5, 5.41) is 12.1. The van der Waals surface area contributed by atoms with Crippen LogP contribution in [0.15, 0.2) is 0 Å². The average Bonchev–Trinajstić information content (AvgIpc) is 3.18. The van der Waals surface area contributed by atoms with E-state index in [0.29, 0.717) is 38.9 Å². The van der Waals surface area contributed by atoms with Crippen LogP contribution >= 0.6 is 0 Å². The van der Waals surface area contributed by atoms with E-state index in [4.69, 9.17) is 14.2 Å². The van der Waals surface area contributed by atoms with E-state index < -0.39 is 5.79 Å². The van der Waals surface area contributed by atoms with E-state index in [2.05, 4.69) is 20.4 Å². The molecule has 2 aliphatic heterocycles. The lowest BCUT2D eigenvalue weighted by atomic mass is 9.90. The van der Waals surface area contributed by atoms with Crippen LogP contribution in [-0.4, -0.2) is 65.5 Å².